The van der Waals surface area contributed by atoms with Gasteiger partial charge in [0.2, 0.25) is 0 Å². The van der Waals surface area contributed by atoms with Gasteiger partial charge in [-0.1, -0.05) is 26.0 Å². The van der Waals surface area contributed by atoms with Gasteiger partial charge in [0.1, 0.15) is 5.75 Å². The molecule has 1 fully saturated rings. The Morgan fingerprint density at radius 3 is 2.38 bits per heavy atom. The van der Waals surface area contributed by atoms with Gasteiger partial charge >= 0.3 is 0 Å². The Bertz CT molecular complexity index is 486. The molecule has 3 nitrogen and oxygen atoms in total. The van der Waals surface area contributed by atoms with Gasteiger partial charge in [0, 0.05) is 5.56 Å². The summed E-state index contributed by atoms with van der Waals surface area (Å²) in [7, 11) is 1.75. The predicted molar refractivity (Wildman–Crippen MR) is 88.3 cm³/mol. The van der Waals surface area contributed by atoms with Crippen molar-refractivity contribution in [1.82, 2.24) is 5.43 Å². The third-order valence-electron chi connectivity index (χ3n) is 5.28. The minimum Gasteiger partial charge on any atom is -0.496 e. The minimum atomic E-state index is 0.176. The molecular formula is C18H30N2O. The summed E-state index contributed by atoms with van der Waals surface area (Å²) in [6.07, 6.45) is 4.97. The molecule has 0 saturated heterocycles. The first kappa shape index (κ1) is 16.3. The van der Waals surface area contributed by atoms with Crippen LogP contribution in [0.5, 0.6) is 5.75 Å². The highest BCUT2D eigenvalue weighted by Crippen LogP contribution is 2.44. The lowest BCUT2D eigenvalue weighted by molar-refractivity contribution is 0.160. The fraction of sp³-hybridized carbons (Fsp3) is 0.667. The maximum atomic E-state index is 5.91. The van der Waals surface area contributed by atoms with Crippen LogP contribution in [0, 0.1) is 25.2 Å². The summed E-state index contributed by atoms with van der Waals surface area (Å²) < 4.78 is 5.68. The van der Waals surface area contributed by atoms with E-state index < -0.39 is 0 Å². The Balaban J connectivity index is 2.28. The highest BCUT2D eigenvalue weighted by Gasteiger charge is 2.33. The summed E-state index contributed by atoms with van der Waals surface area (Å²) >= 11 is 0. The van der Waals surface area contributed by atoms with Gasteiger partial charge in [-0.15, -0.1) is 0 Å². The first-order valence-electron chi connectivity index (χ1n) is 8.00. The third-order valence-corrected chi connectivity index (χ3v) is 5.28. The van der Waals surface area contributed by atoms with Crippen molar-refractivity contribution in [1.29, 1.82) is 0 Å². The van der Waals surface area contributed by atoms with Gasteiger partial charge in [-0.2, -0.15) is 0 Å². The highest BCUT2D eigenvalue weighted by molar-refractivity contribution is 5.47. The lowest BCUT2D eigenvalue weighted by Gasteiger charge is -2.38. The first-order valence-corrected chi connectivity index (χ1v) is 8.00. The van der Waals surface area contributed by atoms with Crippen LogP contribution < -0.4 is 16.0 Å². The Labute approximate surface area is 129 Å². The van der Waals surface area contributed by atoms with E-state index in [0.717, 1.165) is 5.75 Å². The molecule has 1 aromatic rings. The van der Waals surface area contributed by atoms with Gasteiger partial charge in [0.15, 0.2) is 0 Å². The quantitative estimate of drug-likeness (QED) is 0.650. The second-order valence-electron chi connectivity index (χ2n) is 7.28. The largest absolute Gasteiger partial charge is 0.496 e. The van der Waals surface area contributed by atoms with Crippen LogP contribution in [0.4, 0.5) is 0 Å². The van der Waals surface area contributed by atoms with Crippen molar-refractivity contribution in [3.05, 3.63) is 28.8 Å². The van der Waals surface area contributed by atoms with E-state index in [1.165, 1.54) is 42.4 Å². The van der Waals surface area contributed by atoms with Crippen molar-refractivity contribution in [3.8, 4) is 5.75 Å². The molecule has 0 radical (unpaired) electrons. The van der Waals surface area contributed by atoms with Crippen molar-refractivity contribution >= 4 is 0 Å². The maximum absolute atomic E-state index is 5.91. The zero-order chi connectivity index (χ0) is 15.6. The van der Waals surface area contributed by atoms with Crippen LogP contribution in [0.15, 0.2) is 12.1 Å². The molecule has 3 N–H and O–H groups in total. The Kier molecular flexibility index (Phi) is 4.95. The Morgan fingerprint density at radius 1 is 1.24 bits per heavy atom. The molecular weight excluding hydrogens is 260 g/mol. The number of hydrogen-bond acceptors (Lipinski definition) is 3. The van der Waals surface area contributed by atoms with E-state index in [2.05, 4.69) is 45.3 Å². The van der Waals surface area contributed by atoms with Crippen molar-refractivity contribution in [2.75, 3.05) is 7.11 Å². The summed E-state index contributed by atoms with van der Waals surface area (Å²) in [6, 6.07) is 4.52. The van der Waals surface area contributed by atoms with Crippen molar-refractivity contribution < 1.29 is 4.74 Å². The molecule has 3 heteroatoms. The molecule has 0 spiro atoms. The monoisotopic (exact) mass is 290 g/mol. The van der Waals surface area contributed by atoms with Gasteiger partial charge in [-0.25, -0.2) is 0 Å². The van der Waals surface area contributed by atoms with Crippen LogP contribution >= 0.6 is 0 Å². The van der Waals surface area contributed by atoms with E-state index in [0.29, 0.717) is 11.3 Å². The average molecular weight is 290 g/mol. The number of hydrogen-bond donors (Lipinski definition) is 2. The van der Waals surface area contributed by atoms with Crippen LogP contribution in [0.1, 0.15) is 62.3 Å². The lowest BCUT2D eigenvalue weighted by Crippen LogP contribution is -2.36. The zero-order valence-corrected chi connectivity index (χ0v) is 14.1. The lowest BCUT2D eigenvalue weighted by atomic mass is 9.70. The first-order chi connectivity index (χ1) is 9.89. The summed E-state index contributed by atoms with van der Waals surface area (Å²) in [5.41, 5.74) is 7.21. The summed E-state index contributed by atoms with van der Waals surface area (Å²) in [6.45, 7) is 8.97. The normalized spacial score (nSPS) is 20.3. The predicted octanol–water partition coefficient (Wildman–Crippen LogP) is 4.03. The molecule has 21 heavy (non-hydrogen) atoms. The molecule has 118 valence electrons. The molecule has 0 bridgehead atoms. The van der Waals surface area contributed by atoms with Crippen LogP contribution in [0.2, 0.25) is 0 Å². The van der Waals surface area contributed by atoms with Crippen molar-refractivity contribution in [3.63, 3.8) is 0 Å². The fourth-order valence-corrected chi connectivity index (χ4v) is 3.56. The van der Waals surface area contributed by atoms with Crippen LogP contribution in [-0.4, -0.2) is 7.11 Å². The Morgan fingerprint density at radius 2 is 1.86 bits per heavy atom. The Hall–Kier alpha value is -1.06. The SMILES string of the molecule is COc1c(C(NN)C2CCC(C)(C)CC2)ccc(C)c1C. The number of rotatable bonds is 4. The highest BCUT2D eigenvalue weighted by atomic mass is 16.5. The summed E-state index contributed by atoms with van der Waals surface area (Å²) in [4.78, 5) is 0. The second-order valence-corrected chi connectivity index (χ2v) is 7.28. The van der Waals surface area contributed by atoms with Gasteiger partial charge in [0.25, 0.3) is 0 Å². The van der Waals surface area contributed by atoms with E-state index in [9.17, 15) is 0 Å². The molecule has 1 aromatic carbocycles. The van der Waals surface area contributed by atoms with Crippen LogP contribution in [-0.2, 0) is 0 Å². The molecule has 1 atom stereocenters. The fourth-order valence-electron chi connectivity index (χ4n) is 3.56. The summed E-state index contributed by atoms with van der Waals surface area (Å²) in [5.74, 6) is 7.48. The molecule has 1 saturated carbocycles. The van der Waals surface area contributed by atoms with Gasteiger partial charge in [0.05, 0.1) is 13.2 Å². The maximum Gasteiger partial charge on any atom is 0.126 e. The molecule has 1 unspecified atom stereocenters. The van der Waals surface area contributed by atoms with Gasteiger partial charge in [-0.05, 0) is 62.0 Å². The standard InChI is InChI=1S/C18H30N2O/c1-12-6-7-15(17(21-5)13(12)2)16(20-19)14-8-10-18(3,4)11-9-14/h6-7,14,16,20H,8-11,19H2,1-5H3. The molecule has 1 aliphatic rings. The molecule has 0 aliphatic heterocycles. The van der Waals surface area contributed by atoms with Crippen molar-refractivity contribution in [2.24, 2.45) is 17.2 Å². The molecule has 0 aromatic heterocycles. The van der Waals surface area contributed by atoms with Gasteiger partial charge in [-0.3, -0.25) is 11.3 Å². The molecule has 1 aliphatic carbocycles. The molecule has 0 amide bonds. The number of ether oxygens (including phenoxy) is 1. The number of nitrogens with two attached hydrogens (primary N) is 1. The van der Waals surface area contributed by atoms with E-state index in [1.807, 2.05) is 0 Å². The number of aryl methyl sites for hydroxylation is 1. The summed E-state index contributed by atoms with van der Waals surface area (Å²) in [5, 5.41) is 0. The number of hydrazine groups is 1. The van der Waals surface area contributed by atoms with E-state index >= 15 is 0 Å². The smallest absolute Gasteiger partial charge is 0.126 e. The zero-order valence-electron chi connectivity index (χ0n) is 14.1. The topological polar surface area (TPSA) is 47.3 Å². The van der Waals surface area contributed by atoms with E-state index in [4.69, 9.17) is 10.6 Å². The average Bonchev–Trinajstić information content (AvgIpc) is 2.45. The van der Waals surface area contributed by atoms with Crippen LogP contribution in [0.3, 0.4) is 0 Å². The van der Waals surface area contributed by atoms with E-state index in [1.54, 1.807) is 7.11 Å². The third kappa shape index (κ3) is 3.41. The van der Waals surface area contributed by atoms with E-state index in [-0.39, 0.29) is 6.04 Å². The van der Waals surface area contributed by atoms with Crippen molar-refractivity contribution in [2.45, 2.75) is 59.4 Å². The van der Waals surface area contributed by atoms with Crippen LogP contribution in [0.25, 0.3) is 0 Å². The number of methoxy groups -OCH3 is 1. The second kappa shape index (κ2) is 6.37. The number of nitrogens with one attached hydrogen (secondary N) is 1. The number of benzene rings is 1. The minimum absolute atomic E-state index is 0.176. The molecule has 0 heterocycles. The molecule has 2 rings (SSSR count). The van der Waals surface area contributed by atoms with Gasteiger partial charge < -0.3 is 4.74 Å².